The van der Waals surface area contributed by atoms with E-state index < -0.39 is 17.5 Å². The molecular formula is C18H14F2N2O2S. The largest absolute Gasteiger partial charge is 0.497 e. The second kappa shape index (κ2) is 6.98. The van der Waals surface area contributed by atoms with Gasteiger partial charge in [0, 0.05) is 11.8 Å². The first-order valence-corrected chi connectivity index (χ1v) is 8.18. The average Bonchev–Trinajstić information content (AvgIpc) is 2.96. The number of hydrogen-bond acceptors (Lipinski definition) is 4. The van der Waals surface area contributed by atoms with Crippen LogP contribution >= 0.6 is 11.3 Å². The van der Waals surface area contributed by atoms with Crippen LogP contribution in [0.5, 0.6) is 5.75 Å². The second-order valence-electron chi connectivity index (χ2n) is 5.22. The van der Waals surface area contributed by atoms with Crippen molar-refractivity contribution in [2.24, 2.45) is 0 Å². The Balaban J connectivity index is 1.91. The molecule has 1 N–H and O–H groups in total. The molecule has 25 heavy (non-hydrogen) atoms. The number of carbonyl (C=O) groups is 1. The minimum Gasteiger partial charge on any atom is -0.497 e. The highest BCUT2D eigenvalue weighted by Gasteiger charge is 2.20. The second-order valence-corrected chi connectivity index (χ2v) is 6.22. The van der Waals surface area contributed by atoms with Crippen molar-refractivity contribution in [3.05, 3.63) is 64.7 Å². The van der Waals surface area contributed by atoms with Crippen molar-refractivity contribution in [2.75, 3.05) is 12.4 Å². The molecule has 1 heterocycles. The fraction of sp³-hybridized carbons (Fsp3) is 0.111. The number of ether oxygens (including phenoxy) is 1. The number of hydrogen-bond donors (Lipinski definition) is 1. The summed E-state index contributed by atoms with van der Waals surface area (Å²) >= 11 is 0.944. The topological polar surface area (TPSA) is 51.2 Å². The number of carbonyl (C=O) groups excluding carboxylic acids is 1. The molecule has 0 radical (unpaired) electrons. The molecule has 1 aromatic heterocycles. The smallest absolute Gasteiger partial charge is 0.267 e. The minimum atomic E-state index is -0.714. The molecule has 2 aromatic carbocycles. The summed E-state index contributed by atoms with van der Waals surface area (Å²) in [6.07, 6.45) is 0. The van der Waals surface area contributed by atoms with E-state index in [0.29, 0.717) is 22.0 Å². The van der Waals surface area contributed by atoms with Gasteiger partial charge in [0.05, 0.1) is 18.4 Å². The van der Waals surface area contributed by atoms with Gasteiger partial charge in [-0.2, -0.15) is 0 Å². The predicted molar refractivity (Wildman–Crippen MR) is 93.2 cm³/mol. The Hall–Kier alpha value is -2.80. The standard InChI is InChI=1S/C18H14F2N2O2S/c1-10-16(17(23)22-11-5-3-6-12(9-11)24-2)25-18(21-10)15-13(19)7-4-8-14(15)20/h3-9H,1-2H3,(H,22,23). The molecule has 0 aliphatic carbocycles. The number of amides is 1. The van der Waals surface area contributed by atoms with Crippen LogP contribution in [-0.4, -0.2) is 18.0 Å². The first-order chi connectivity index (χ1) is 12.0. The lowest BCUT2D eigenvalue weighted by Gasteiger charge is -2.06. The third kappa shape index (κ3) is 3.51. The van der Waals surface area contributed by atoms with Crippen molar-refractivity contribution in [1.82, 2.24) is 4.98 Å². The van der Waals surface area contributed by atoms with E-state index in [1.807, 2.05) is 0 Å². The molecule has 3 aromatic rings. The van der Waals surface area contributed by atoms with Crippen LogP contribution in [0.15, 0.2) is 42.5 Å². The van der Waals surface area contributed by atoms with Crippen LogP contribution in [0.25, 0.3) is 10.6 Å². The maximum atomic E-state index is 13.9. The van der Waals surface area contributed by atoms with E-state index in [1.165, 1.54) is 13.2 Å². The number of nitrogens with zero attached hydrogens (tertiary/aromatic N) is 1. The SMILES string of the molecule is COc1cccc(NC(=O)c2sc(-c3c(F)cccc3F)nc2C)c1. The lowest BCUT2D eigenvalue weighted by molar-refractivity contribution is 0.103. The molecule has 1 amide bonds. The summed E-state index contributed by atoms with van der Waals surface area (Å²) in [6.45, 7) is 1.62. The molecule has 0 atom stereocenters. The number of nitrogens with one attached hydrogen (secondary N) is 1. The van der Waals surface area contributed by atoms with Gasteiger partial charge in [0.25, 0.3) is 5.91 Å². The molecule has 7 heteroatoms. The van der Waals surface area contributed by atoms with Gasteiger partial charge in [0.1, 0.15) is 27.3 Å². The summed E-state index contributed by atoms with van der Waals surface area (Å²) in [4.78, 5) is 16.9. The van der Waals surface area contributed by atoms with Crippen molar-refractivity contribution >= 4 is 22.9 Å². The van der Waals surface area contributed by atoms with E-state index in [1.54, 1.807) is 31.2 Å². The number of anilines is 1. The monoisotopic (exact) mass is 360 g/mol. The van der Waals surface area contributed by atoms with Crippen molar-refractivity contribution < 1.29 is 18.3 Å². The number of halogens is 2. The van der Waals surface area contributed by atoms with Crippen LogP contribution in [-0.2, 0) is 0 Å². The number of aryl methyl sites for hydroxylation is 1. The van der Waals surface area contributed by atoms with Gasteiger partial charge >= 0.3 is 0 Å². The molecule has 0 fully saturated rings. The number of aromatic nitrogens is 1. The van der Waals surface area contributed by atoms with Gasteiger partial charge in [-0.25, -0.2) is 13.8 Å². The molecule has 3 rings (SSSR count). The van der Waals surface area contributed by atoms with Gasteiger partial charge in [-0.05, 0) is 31.2 Å². The molecule has 128 valence electrons. The molecule has 0 bridgehead atoms. The maximum absolute atomic E-state index is 13.9. The van der Waals surface area contributed by atoms with E-state index in [4.69, 9.17) is 4.74 Å². The first-order valence-electron chi connectivity index (χ1n) is 7.37. The average molecular weight is 360 g/mol. The van der Waals surface area contributed by atoms with Crippen molar-refractivity contribution in [3.8, 4) is 16.3 Å². The Bertz CT molecular complexity index is 920. The van der Waals surface area contributed by atoms with Crippen LogP contribution in [0.2, 0.25) is 0 Å². The van der Waals surface area contributed by atoms with Gasteiger partial charge in [-0.15, -0.1) is 11.3 Å². The summed E-state index contributed by atoms with van der Waals surface area (Å²) in [6, 6.07) is 10.5. The molecule has 0 unspecified atom stereocenters. The van der Waals surface area contributed by atoms with Crippen LogP contribution in [0.3, 0.4) is 0 Å². The summed E-state index contributed by atoms with van der Waals surface area (Å²) < 4.78 is 33.0. The number of benzene rings is 2. The first kappa shape index (κ1) is 17.0. The highest BCUT2D eigenvalue weighted by atomic mass is 32.1. The third-order valence-corrected chi connectivity index (χ3v) is 4.68. The molecule has 0 aliphatic rings. The minimum absolute atomic E-state index is 0.129. The highest BCUT2D eigenvalue weighted by Crippen LogP contribution is 2.32. The van der Waals surface area contributed by atoms with Gasteiger partial charge in [-0.1, -0.05) is 12.1 Å². The quantitative estimate of drug-likeness (QED) is 0.736. The summed E-state index contributed by atoms with van der Waals surface area (Å²) in [5.74, 6) is -1.22. The zero-order valence-electron chi connectivity index (χ0n) is 13.5. The Morgan fingerprint density at radius 1 is 1.16 bits per heavy atom. The lowest BCUT2D eigenvalue weighted by atomic mass is 10.2. The van der Waals surface area contributed by atoms with E-state index in [-0.39, 0.29) is 10.6 Å². The predicted octanol–water partition coefficient (Wildman–Crippen LogP) is 4.66. The van der Waals surface area contributed by atoms with Crippen molar-refractivity contribution in [3.63, 3.8) is 0 Å². The highest BCUT2D eigenvalue weighted by molar-refractivity contribution is 7.17. The van der Waals surface area contributed by atoms with Crippen LogP contribution in [0, 0.1) is 18.6 Å². The van der Waals surface area contributed by atoms with Crippen molar-refractivity contribution in [2.45, 2.75) is 6.92 Å². The number of methoxy groups -OCH3 is 1. The molecule has 0 saturated heterocycles. The summed E-state index contributed by atoms with van der Waals surface area (Å²) in [7, 11) is 1.53. The summed E-state index contributed by atoms with van der Waals surface area (Å²) in [5, 5.41) is 2.86. The Kier molecular flexibility index (Phi) is 4.76. The number of rotatable bonds is 4. The zero-order valence-corrected chi connectivity index (χ0v) is 14.3. The maximum Gasteiger partial charge on any atom is 0.267 e. The van der Waals surface area contributed by atoms with Gasteiger partial charge in [0.2, 0.25) is 0 Å². The molecule has 0 saturated carbocycles. The lowest BCUT2D eigenvalue weighted by Crippen LogP contribution is -2.11. The normalized spacial score (nSPS) is 10.6. The molecular weight excluding hydrogens is 346 g/mol. The van der Waals surface area contributed by atoms with E-state index >= 15 is 0 Å². The summed E-state index contributed by atoms with van der Waals surface area (Å²) in [5.41, 5.74) is 0.731. The van der Waals surface area contributed by atoms with Crippen LogP contribution in [0.1, 0.15) is 15.4 Å². The van der Waals surface area contributed by atoms with E-state index in [2.05, 4.69) is 10.3 Å². The Morgan fingerprint density at radius 3 is 2.52 bits per heavy atom. The zero-order chi connectivity index (χ0) is 18.0. The van der Waals surface area contributed by atoms with Gasteiger partial charge in [-0.3, -0.25) is 4.79 Å². The van der Waals surface area contributed by atoms with Crippen molar-refractivity contribution in [1.29, 1.82) is 0 Å². The Labute approximate surface area is 147 Å². The molecule has 0 spiro atoms. The van der Waals surface area contributed by atoms with Crippen LogP contribution in [0.4, 0.5) is 14.5 Å². The Morgan fingerprint density at radius 2 is 1.84 bits per heavy atom. The van der Waals surface area contributed by atoms with Crippen LogP contribution < -0.4 is 10.1 Å². The van der Waals surface area contributed by atoms with Gasteiger partial charge in [0.15, 0.2) is 0 Å². The van der Waals surface area contributed by atoms with E-state index in [0.717, 1.165) is 23.5 Å². The molecule has 4 nitrogen and oxygen atoms in total. The fourth-order valence-electron chi connectivity index (χ4n) is 2.30. The molecule has 0 aliphatic heterocycles. The number of thiazole rings is 1. The van der Waals surface area contributed by atoms with E-state index in [9.17, 15) is 13.6 Å². The third-order valence-electron chi connectivity index (χ3n) is 3.51. The van der Waals surface area contributed by atoms with Gasteiger partial charge < -0.3 is 10.1 Å². The fourth-order valence-corrected chi connectivity index (χ4v) is 3.31.